The number of halogens is 1. The Hall–Kier alpha value is -2.89. The van der Waals surface area contributed by atoms with E-state index in [1.807, 2.05) is 42.3 Å². The maximum atomic E-state index is 12.9. The topological polar surface area (TPSA) is 56.7 Å². The molecule has 0 spiro atoms. The van der Waals surface area contributed by atoms with Crippen molar-refractivity contribution in [3.05, 3.63) is 66.0 Å². The summed E-state index contributed by atoms with van der Waals surface area (Å²) in [6.07, 6.45) is 0. The molecular formula is C18H21FN4O. The van der Waals surface area contributed by atoms with Gasteiger partial charge in [0.05, 0.1) is 6.54 Å². The van der Waals surface area contributed by atoms with Crippen molar-refractivity contribution < 1.29 is 9.18 Å². The zero-order valence-corrected chi connectivity index (χ0v) is 13.8. The van der Waals surface area contributed by atoms with Crippen LogP contribution in [-0.4, -0.2) is 37.4 Å². The predicted octanol–water partition coefficient (Wildman–Crippen LogP) is 2.47. The number of guanidine groups is 1. The smallest absolute Gasteiger partial charge is 0.243 e. The number of nitrogens with zero attached hydrogens (tertiary/aromatic N) is 2. The Kier molecular flexibility index (Phi) is 6.31. The Bertz CT molecular complexity index is 686. The fraction of sp³-hybridized carbons (Fsp3) is 0.222. The number of carbonyl (C=O) groups is 1. The fourth-order valence-electron chi connectivity index (χ4n) is 2.21. The maximum absolute atomic E-state index is 12.9. The molecular weight excluding hydrogens is 307 g/mol. The summed E-state index contributed by atoms with van der Waals surface area (Å²) in [6, 6.07) is 15.6. The number of carbonyl (C=O) groups excluding carboxylic acids is 1. The van der Waals surface area contributed by atoms with Crippen LogP contribution in [0.4, 0.5) is 10.1 Å². The number of para-hydroxylation sites is 1. The van der Waals surface area contributed by atoms with E-state index in [-0.39, 0.29) is 18.3 Å². The highest BCUT2D eigenvalue weighted by molar-refractivity contribution is 5.94. The van der Waals surface area contributed by atoms with E-state index in [0.717, 1.165) is 11.3 Å². The lowest BCUT2D eigenvalue weighted by molar-refractivity contribution is -0.115. The molecule has 0 aromatic heterocycles. The van der Waals surface area contributed by atoms with Gasteiger partial charge in [0, 0.05) is 26.3 Å². The summed E-state index contributed by atoms with van der Waals surface area (Å²) in [6.45, 7) is 0.662. The van der Waals surface area contributed by atoms with E-state index in [1.165, 1.54) is 12.1 Å². The molecule has 0 heterocycles. The van der Waals surface area contributed by atoms with Crippen LogP contribution in [0.5, 0.6) is 0 Å². The average molecular weight is 328 g/mol. The lowest BCUT2D eigenvalue weighted by atomic mass is 10.2. The summed E-state index contributed by atoms with van der Waals surface area (Å²) >= 11 is 0. The maximum Gasteiger partial charge on any atom is 0.243 e. The molecule has 0 saturated heterocycles. The van der Waals surface area contributed by atoms with Crippen molar-refractivity contribution in [3.8, 4) is 0 Å². The zero-order valence-electron chi connectivity index (χ0n) is 13.8. The van der Waals surface area contributed by atoms with Crippen LogP contribution in [0.1, 0.15) is 5.56 Å². The molecule has 6 heteroatoms. The molecule has 0 unspecified atom stereocenters. The number of aliphatic imine (C=N–C) groups is 1. The van der Waals surface area contributed by atoms with Gasteiger partial charge in [-0.15, -0.1) is 0 Å². The molecule has 2 aromatic carbocycles. The second kappa shape index (κ2) is 8.67. The Labute approximate surface area is 141 Å². The van der Waals surface area contributed by atoms with Gasteiger partial charge in [-0.2, -0.15) is 0 Å². The highest BCUT2D eigenvalue weighted by Crippen LogP contribution is 2.06. The molecule has 2 aromatic rings. The van der Waals surface area contributed by atoms with E-state index >= 15 is 0 Å². The molecule has 5 nitrogen and oxygen atoms in total. The van der Waals surface area contributed by atoms with Gasteiger partial charge in [0.1, 0.15) is 5.82 Å². The first-order valence-electron chi connectivity index (χ1n) is 7.59. The first-order chi connectivity index (χ1) is 11.6. The molecule has 0 radical (unpaired) electrons. The van der Waals surface area contributed by atoms with Crippen molar-refractivity contribution in [3.63, 3.8) is 0 Å². The van der Waals surface area contributed by atoms with Crippen LogP contribution in [0, 0.1) is 5.82 Å². The van der Waals surface area contributed by atoms with Gasteiger partial charge in [-0.3, -0.25) is 9.79 Å². The van der Waals surface area contributed by atoms with Gasteiger partial charge in [-0.1, -0.05) is 30.3 Å². The minimum Gasteiger partial charge on any atom is -0.347 e. The molecule has 2 rings (SSSR count). The first-order valence-corrected chi connectivity index (χ1v) is 7.59. The summed E-state index contributed by atoms with van der Waals surface area (Å²) in [4.78, 5) is 18.0. The Morgan fingerprint density at radius 3 is 2.42 bits per heavy atom. The molecule has 2 N–H and O–H groups in total. The largest absolute Gasteiger partial charge is 0.347 e. The quantitative estimate of drug-likeness (QED) is 0.655. The van der Waals surface area contributed by atoms with E-state index in [0.29, 0.717) is 12.5 Å². The van der Waals surface area contributed by atoms with Crippen molar-refractivity contribution in [2.24, 2.45) is 4.99 Å². The third-order valence-electron chi connectivity index (χ3n) is 3.37. The lowest BCUT2D eigenvalue weighted by Crippen LogP contribution is -2.42. The van der Waals surface area contributed by atoms with Crippen LogP contribution in [0.25, 0.3) is 0 Å². The van der Waals surface area contributed by atoms with Crippen molar-refractivity contribution in [1.82, 2.24) is 10.2 Å². The molecule has 0 fully saturated rings. The SMILES string of the molecule is CN=C(NCC(=O)Nc1ccccc1)N(C)Cc1ccc(F)cc1. The van der Waals surface area contributed by atoms with Crippen LogP contribution in [0.15, 0.2) is 59.6 Å². The van der Waals surface area contributed by atoms with Crippen LogP contribution in [0.2, 0.25) is 0 Å². The van der Waals surface area contributed by atoms with Crippen LogP contribution < -0.4 is 10.6 Å². The normalized spacial score (nSPS) is 11.0. The number of nitrogens with one attached hydrogen (secondary N) is 2. The number of anilines is 1. The highest BCUT2D eigenvalue weighted by atomic mass is 19.1. The van der Waals surface area contributed by atoms with Crippen molar-refractivity contribution in [2.45, 2.75) is 6.54 Å². The molecule has 0 bridgehead atoms. The Balaban J connectivity index is 1.85. The number of benzene rings is 2. The predicted molar refractivity (Wildman–Crippen MR) is 94.3 cm³/mol. The van der Waals surface area contributed by atoms with Crippen molar-refractivity contribution >= 4 is 17.6 Å². The van der Waals surface area contributed by atoms with E-state index < -0.39 is 0 Å². The van der Waals surface area contributed by atoms with Crippen molar-refractivity contribution in [1.29, 1.82) is 0 Å². The van der Waals surface area contributed by atoms with E-state index in [9.17, 15) is 9.18 Å². The first kappa shape index (κ1) is 17.5. The summed E-state index contributed by atoms with van der Waals surface area (Å²) < 4.78 is 12.9. The molecule has 0 aliphatic heterocycles. The molecule has 126 valence electrons. The Morgan fingerprint density at radius 1 is 1.12 bits per heavy atom. The van der Waals surface area contributed by atoms with Gasteiger partial charge in [-0.25, -0.2) is 4.39 Å². The average Bonchev–Trinajstić information content (AvgIpc) is 2.58. The van der Waals surface area contributed by atoms with Gasteiger partial charge in [0.25, 0.3) is 0 Å². The van der Waals surface area contributed by atoms with Gasteiger partial charge in [0.15, 0.2) is 5.96 Å². The summed E-state index contributed by atoms with van der Waals surface area (Å²) in [7, 11) is 3.51. The van der Waals surface area contributed by atoms with Gasteiger partial charge in [0.2, 0.25) is 5.91 Å². The minimum absolute atomic E-state index is 0.106. The fourth-order valence-corrected chi connectivity index (χ4v) is 2.21. The third kappa shape index (κ3) is 5.39. The molecule has 1 amide bonds. The summed E-state index contributed by atoms with van der Waals surface area (Å²) in [5.41, 5.74) is 1.70. The van der Waals surface area contributed by atoms with Crippen LogP contribution in [-0.2, 0) is 11.3 Å². The standard InChI is InChI=1S/C18H21FN4O/c1-20-18(23(2)13-14-8-10-15(19)11-9-14)21-12-17(24)22-16-6-4-3-5-7-16/h3-11H,12-13H2,1-2H3,(H,20,21)(H,22,24). The monoisotopic (exact) mass is 328 g/mol. The number of hydrogen-bond donors (Lipinski definition) is 2. The highest BCUT2D eigenvalue weighted by Gasteiger charge is 2.09. The molecule has 0 saturated carbocycles. The Morgan fingerprint density at radius 2 is 1.79 bits per heavy atom. The number of hydrogen-bond acceptors (Lipinski definition) is 2. The van der Waals surface area contributed by atoms with E-state index in [4.69, 9.17) is 0 Å². The minimum atomic E-state index is -0.263. The number of rotatable bonds is 5. The van der Waals surface area contributed by atoms with E-state index in [1.54, 1.807) is 19.2 Å². The van der Waals surface area contributed by atoms with Gasteiger partial charge in [-0.05, 0) is 29.8 Å². The van der Waals surface area contributed by atoms with Crippen LogP contribution >= 0.6 is 0 Å². The molecule has 0 atom stereocenters. The number of amides is 1. The lowest BCUT2D eigenvalue weighted by Gasteiger charge is -2.22. The van der Waals surface area contributed by atoms with Crippen LogP contribution in [0.3, 0.4) is 0 Å². The molecule has 24 heavy (non-hydrogen) atoms. The molecule has 0 aliphatic carbocycles. The van der Waals surface area contributed by atoms with E-state index in [2.05, 4.69) is 15.6 Å². The summed E-state index contributed by atoms with van der Waals surface area (Å²) in [5, 5.41) is 5.81. The van der Waals surface area contributed by atoms with Gasteiger partial charge >= 0.3 is 0 Å². The molecule has 0 aliphatic rings. The second-order valence-electron chi connectivity index (χ2n) is 5.30. The van der Waals surface area contributed by atoms with Gasteiger partial charge < -0.3 is 15.5 Å². The summed E-state index contributed by atoms with van der Waals surface area (Å²) in [5.74, 6) is 0.168. The zero-order chi connectivity index (χ0) is 17.4. The third-order valence-corrected chi connectivity index (χ3v) is 3.37. The second-order valence-corrected chi connectivity index (χ2v) is 5.30. The van der Waals surface area contributed by atoms with Crippen molar-refractivity contribution in [2.75, 3.05) is 26.0 Å².